The van der Waals surface area contributed by atoms with E-state index in [2.05, 4.69) is 4.98 Å². The van der Waals surface area contributed by atoms with E-state index < -0.39 is 0 Å². The lowest BCUT2D eigenvalue weighted by atomic mass is 10.2. The standard InChI is InChI=1S/C12H14N2O2S/c1-14-10(7-15)6-13-12(14)17-8-9-2-4-11(16)5-3-9/h2-6,15-16H,7-8H2,1H3. The SMILES string of the molecule is Cn1c(CO)cnc1SCc1ccc(O)cc1. The highest BCUT2D eigenvalue weighted by Gasteiger charge is 2.06. The fourth-order valence-electron chi connectivity index (χ4n) is 1.45. The van der Waals surface area contributed by atoms with Crippen LogP contribution in [0.3, 0.4) is 0 Å². The number of phenolic OH excluding ortho intramolecular Hbond substituents is 1. The van der Waals surface area contributed by atoms with Crippen LogP contribution in [-0.2, 0) is 19.4 Å². The molecule has 0 fully saturated rings. The first-order valence-corrected chi connectivity index (χ1v) is 6.21. The Hall–Kier alpha value is -1.46. The maximum Gasteiger partial charge on any atom is 0.168 e. The van der Waals surface area contributed by atoms with Crippen molar-refractivity contribution in [2.24, 2.45) is 7.05 Å². The van der Waals surface area contributed by atoms with Crippen LogP contribution in [0.15, 0.2) is 35.6 Å². The first-order valence-electron chi connectivity index (χ1n) is 5.23. The van der Waals surface area contributed by atoms with Crippen molar-refractivity contribution in [1.82, 2.24) is 9.55 Å². The van der Waals surface area contributed by atoms with Crippen molar-refractivity contribution >= 4 is 11.8 Å². The summed E-state index contributed by atoms with van der Waals surface area (Å²) in [5.41, 5.74) is 1.93. The topological polar surface area (TPSA) is 58.3 Å². The van der Waals surface area contributed by atoms with Crippen LogP contribution >= 0.6 is 11.8 Å². The smallest absolute Gasteiger partial charge is 0.168 e. The van der Waals surface area contributed by atoms with Crippen LogP contribution < -0.4 is 0 Å². The van der Waals surface area contributed by atoms with Gasteiger partial charge >= 0.3 is 0 Å². The molecule has 0 amide bonds. The van der Waals surface area contributed by atoms with Crippen molar-refractivity contribution in [2.45, 2.75) is 17.5 Å². The summed E-state index contributed by atoms with van der Waals surface area (Å²) >= 11 is 1.60. The van der Waals surface area contributed by atoms with Crippen molar-refractivity contribution in [2.75, 3.05) is 0 Å². The summed E-state index contributed by atoms with van der Waals surface area (Å²) in [7, 11) is 1.89. The highest BCUT2D eigenvalue weighted by atomic mass is 32.2. The molecule has 0 atom stereocenters. The van der Waals surface area contributed by atoms with E-state index in [-0.39, 0.29) is 12.4 Å². The van der Waals surface area contributed by atoms with E-state index in [9.17, 15) is 5.11 Å². The Morgan fingerprint density at radius 1 is 1.29 bits per heavy atom. The molecule has 1 aromatic carbocycles. The van der Waals surface area contributed by atoms with Crippen molar-refractivity contribution in [3.63, 3.8) is 0 Å². The number of rotatable bonds is 4. The number of phenols is 1. The van der Waals surface area contributed by atoms with Crippen molar-refractivity contribution < 1.29 is 10.2 Å². The molecule has 0 saturated carbocycles. The summed E-state index contributed by atoms with van der Waals surface area (Å²) in [6, 6.07) is 7.12. The van der Waals surface area contributed by atoms with Crippen LogP contribution in [0.25, 0.3) is 0 Å². The second-order valence-corrected chi connectivity index (χ2v) is 4.65. The molecule has 2 rings (SSSR count). The average Bonchev–Trinajstić information content (AvgIpc) is 2.69. The number of aliphatic hydroxyl groups excluding tert-OH is 1. The summed E-state index contributed by atoms with van der Waals surface area (Å²) < 4.78 is 1.88. The molecule has 0 unspecified atom stereocenters. The molecule has 2 aromatic rings. The van der Waals surface area contributed by atoms with Gasteiger partial charge < -0.3 is 14.8 Å². The van der Waals surface area contributed by atoms with Gasteiger partial charge in [0.2, 0.25) is 0 Å². The lowest BCUT2D eigenvalue weighted by molar-refractivity contribution is 0.271. The molecule has 0 aliphatic rings. The predicted molar refractivity (Wildman–Crippen MR) is 66.8 cm³/mol. The third kappa shape index (κ3) is 2.81. The quantitative estimate of drug-likeness (QED) is 0.814. The van der Waals surface area contributed by atoms with Crippen LogP contribution in [0, 0.1) is 0 Å². The number of hydrogen-bond donors (Lipinski definition) is 2. The van der Waals surface area contributed by atoms with E-state index in [1.165, 1.54) is 0 Å². The van der Waals surface area contributed by atoms with Gasteiger partial charge in [-0.15, -0.1) is 0 Å². The average molecular weight is 250 g/mol. The number of aliphatic hydroxyl groups is 1. The summed E-state index contributed by atoms with van der Waals surface area (Å²) in [5, 5.41) is 19.1. The van der Waals surface area contributed by atoms with E-state index in [0.717, 1.165) is 22.2 Å². The first-order chi connectivity index (χ1) is 8.20. The highest BCUT2D eigenvalue weighted by molar-refractivity contribution is 7.98. The molecule has 0 radical (unpaired) electrons. The van der Waals surface area contributed by atoms with Crippen molar-refractivity contribution in [1.29, 1.82) is 0 Å². The summed E-state index contributed by atoms with van der Waals surface area (Å²) in [6.45, 7) is 0.00324. The van der Waals surface area contributed by atoms with Gasteiger partial charge in [-0.2, -0.15) is 0 Å². The van der Waals surface area contributed by atoms with Gasteiger partial charge in [-0.1, -0.05) is 23.9 Å². The summed E-state index contributed by atoms with van der Waals surface area (Å²) in [5.74, 6) is 1.06. The monoisotopic (exact) mass is 250 g/mol. The summed E-state index contributed by atoms with van der Waals surface area (Å²) in [6.07, 6.45) is 1.68. The molecule has 1 heterocycles. The third-order valence-electron chi connectivity index (χ3n) is 2.51. The molecular formula is C12H14N2O2S. The number of thioether (sulfide) groups is 1. The van der Waals surface area contributed by atoms with Gasteiger partial charge in [0.1, 0.15) is 5.75 Å². The van der Waals surface area contributed by atoms with Gasteiger partial charge in [0.15, 0.2) is 5.16 Å². The van der Waals surface area contributed by atoms with Crippen LogP contribution in [0.2, 0.25) is 0 Å². The number of aromatic hydroxyl groups is 1. The predicted octanol–water partition coefficient (Wildman–Crippen LogP) is 1.91. The van der Waals surface area contributed by atoms with Gasteiger partial charge in [0.05, 0.1) is 18.5 Å². The third-order valence-corrected chi connectivity index (χ3v) is 3.62. The maximum absolute atomic E-state index is 9.17. The second kappa shape index (κ2) is 5.25. The minimum absolute atomic E-state index is 0.00324. The molecule has 90 valence electrons. The van der Waals surface area contributed by atoms with Crippen molar-refractivity contribution in [3.05, 3.63) is 41.7 Å². The number of nitrogens with zero attached hydrogens (tertiary/aromatic N) is 2. The molecule has 0 bridgehead atoms. The highest BCUT2D eigenvalue weighted by Crippen LogP contribution is 2.23. The fourth-order valence-corrected chi connectivity index (χ4v) is 2.37. The minimum Gasteiger partial charge on any atom is -0.508 e. The Labute approximate surface area is 104 Å². The van der Waals surface area contributed by atoms with E-state index >= 15 is 0 Å². The zero-order valence-electron chi connectivity index (χ0n) is 9.50. The lowest BCUT2D eigenvalue weighted by Gasteiger charge is -2.04. The first kappa shape index (κ1) is 12.0. The molecule has 0 saturated heterocycles. The Morgan fingerprint density at radius 2 is 2.00 bits per heavy atom. The molecule has 4 nitrogen and oxygen atoms in total. The Kier molecular flexibility index (Phi) is 3.71. The molecule has 0 aliphatic carbocycles. The number of hydrogen-bond acceptors (Lipinski definition) is 4. The van der Waals surface area contributed by atoms with Crippen LogP contribution in [0.1, 0.15) is 11.3 Å². The van der Waals surface area contributed by atoms with Crippen LogP contribution in [-0.4, -0.2) is 19.8 Å². The molecular weight excluding hydrogens is 236 g/mol. The normalized spacial score (nSPS) is 10.7. The van der Waals surface area contributed by atoms with Crippen molar-refractivity contribution in [3.8, 4) is 5.75 Å². The minimum atomic E-state index is 0.00324. The fraction of sp³-hybridized carbons (Fsp3) is 0.250. The Bertz CT molecular complexity index is 494. The Morgan fingerprint density at radius 3 is 2.59 bits per heavy atom. The van der Waals surface area contributed by atoms with E-state index in [1.54, 1.807) is 30.1 Å². The number of aromatic nitrogens is 2. The zero-order valence-corrected chi connectivity index (χ0v) is 10.3. The molecule has 17 heavy (non-hydrogen) atoms. The van der Waals surface area contributed by atoms with Crippen LogP contribution in [0.5, 0.6) is 5.75 Å². The summed E-state index contributed by atoms with van der Waals surface area (Å²) in [4.78, 5) is 4.24. The largest absolute Gasteiger partial charge is 0.508 e. The lowest BCUT2D eigenvalue weighted by Crippen LogP contribution is -1.97. The number of imidazole rings is 1. The van der Waals surface area contributed by atoms with Gasteiger partial charge in [-0.3, -0.25) is 0 Å². The van der Waals surface area contributed by atoms with Gasteiger partial charge in [-0.05, 0) is 17.7 Å². The maximum atomic E-state index is 9.17. The molecule has 0 spiro atoms. The molecule has 5 heteroatoms. The Balaban J connectivity index is 2.02. The zero-order chi connectivity index (χ0) is 12.3. The van der Waals surface area contributed by atoms with Gasteiger partial charge in [0.25, 0.3) is 0 Å². The van der Waals surface area contributed by atoms with E-state index in [0.29, 0.717) is 0 Å². The second-order valence-electron chi connectivity index (χ2n) is 3.70. The molecule has 0 aliphatic heterocycles. The van der Waals surface area contributed by atoms with Gasteiger partial charge in [-0.25, -0.2) is 4.98 Å². The van der Waals surface area contributed by atoms with E-state index in [1.807, 2.05) is 23.7 Å². The van der Waals surface area contributed by atoms with E-state index in [4.69, 9.17) is 5.11 Å². The van der Waals surface area contributed by atoms with Crippen LogP contribution in [0.4, 0.5) is 0 Å². The molecule has 2 N–H and O–H groups in total. The van der Waals surface area contributed by atoms with Gasteiger partial charge in [0, 0.05) is 12.8 Å². The molecule has 1 aromatic heterocycles. The number of benzene rings is 1.